The van der Waals surface area contributed by atoms with Gasteiger partial charge in [-0.05, 0) is 0 Å². The molecule has 0 aromatic heterocycles. The number of rotatable bonds is 3. The fraction of sp³-hybridized carbons (Fsp3) is 0.750. The smallest absolute Gasteiger partial charge is 0.216 e. The lowest BCUT2D eigenvalue weighted by molar-refractivity contribution is -0.120. The lowest BCUT2D eigenvalue weighted by atomic mass is 10.5. The number of carbonyl (C=O) groups is 2. The van der Waals surface area contributed by atoms with Crippen molar-refractivity contribution < 1.29 is 9.59 Å². The predicted molar refractivity (Wildman–Crippen MR) is 48.7 cm³/mol. The van der Waals surface area contributed by atoms with Crippen molar-refractivity contribution in [3.05, 3.63) is 0 Å². The minimum atomic E-state index is -0.0784. The quantitative estimate of drug-likeness (QED) is 0.604. The number of hydrogen-bond acceptors (Lipinski definition) is 2. The van der Waals surface area contributed by atoms with Crippen LogP contribution in [-0.4, -0.2) is 24.9 Å². The first kappa shape index (κ1) is 13.5. The molecule has 0 heterocycles. The maximum atomic E-state index is 10.3. The van der Waals surface area contributed by atoms with Crippen LogP contribution in [-0.2, 0) is 9.59 Å². The zero-order chi connectivity index (χ0) is 9.98. The van der Waals surface area contributed by atoms with E-state index >= 15 is 0 Å². The number of nitrogens with one attached hydrogen (secondary N) is 2. The van der Waals surface area contributed by atoms with Crippen LogP contribution in [0.2, 0.25) is 0 Å². The van der Waals surface area contributed by atoms with Crippen molar-refractivity contribution in [1.29, 1.82) is 0 Å². The van der Waals surface area contributed by atoms with Crippen molar-refractivity contribution in [1.82, 2.24) is 10.6 Å². The van der Waals surface area contributed by atoms with Gasteiger partial charge in [-0.15, -0.1) is 0 Å². The summed E-state index contributed by atoms with van der Waals surface area (Å²) >= 11 is 0. The Hall–Kier alpha value is -1.06. The van der Waals surface area contributed by atoms with Crippen LogP contribution in [0.3, 0.4) is 0 Å². The molecule has 0 bridgehead atoms. The molecule has 0 aliphatic heterocycles. The van der Waals surface area contributed by atoms with Crippen molar-refractivity contribution >= 4 is 11.8 Å². The predicted octanol–water partition coefficient (Wildman–Crippen LogP) is 0.285. The molecule has 0 rings (SSSR count). The van der Waals surface area contributed by atoms with Crippen molar-refractivity contribution in [3.63, 3.8) is 0 Å². The molecule has 4 nitrogen and oxygen atoms in total. The van der Waals surface area contributed by atoms with Gasteiger partial charge in [0.25, 0.3) is 0 Å². The van der Waals surface area contributed by atoms with Crippen molar-refractivity contribution in [2.45, 2.75) is 27.7 Å². The van der Waals surface area contributed by atoms with Crippen LogP contribution in [0.15, 0.2) is 0 Å². The second kappa shape index (κ2) is 9.94. The average Bonchev–Trinajstić information content (AvgIpc) is 2.02. The van der Waals surface area contributed by atoms with Crippen LogP contribution in [0.4, 0.5) is 0 Å². The Balaban J connectivity index is 0. The highest BCUT2D eigenvalue weighted by Crippen LogP contribution is 1.61. The molecular weight excluding hydrogens is 156 g/mol. The van der Waals surface area contributed by atoms with Crippen LogP contribution in [0.1, 0.15) is 27.7 Å². The van der Waals surface area contributed by atoms with E-state index in [2.05, 4.69) is 10.6 Å². The lowest BCUT2D eigenvalue weighted by Crippen LogP contribution is -2.32. The number of carbonyl (C=O) groups excluding carboxylic acids is 2. The van der Waals surface area contributed by atoms with E-state index < -0.39 is 0 Å². The van der Waals surface area contributed by atoms with Gasteiger partial charge in [-0.1, -0.05) is 13.8 Å². The molecule has 0 fully saturated rings. The minimum absolute atomic E-state index is 0.0784. The second-order valence-electron chi connectivity index (χ2n) is 1.97. The first-order chi connectivity index (χ1) is 5.63. The van der Waals surface area contributed by atoms with E-state index in [9.17, 15) is 9.59 Å². The van der Waals surface area contributed by atoms with E-state index in [-0.39, 0.29) is 11.8 Å². The minimum Gasteiger partial charge on any atom is -0.355 e. The van der Waals surface area contributed by atoms with E-state index in [4.69, 9.17) is 0 Å². The highest BCUT2D eigenvalue weighted by molar-refractivity contribution is 5.74. The monoisotopic (exact) mass is 174 g/mol. The van der Waals surface area contributed by atoms with E-state index in [0.717, 1.165) is 0 Å². The summed E-state index contributed by atoms with van der Waals surface area (Å²) in [6.45, 7) is 7.87. The Bertz CT molecular complexity index is 119. The molecule has 12 heavy (non-hydrogen) atoms. The van der Waals surface area contributed by atoms with Crippen LogP contribution >= 0.6 is 0 Å². The molecule has 0 saturated carbocycles. The lowest BCUT2D eigenvalue weighted by Gasteiger charge is -2.01. The first-order valence-electron chi connectivity index (χ1n) is 4.12. The van der Waals surface area contributed by atoms with Crippen LogP contribution < -0.4 is 10.6 Å². The molecule has 0 radical (unpaired) electrons. The summed E-state index contributed by atoms with van der Waals surface area (Å²) in [6, 6.07) is 0. The largest absolute Gasteiger partial charge is 0.355 e. The van der Waals surface area contributed by atoms with Gasteiger partial charge in [0.15, 0.2) is 0 Å². The summed E-state index contributed by atoms with van der Waals surface area (Å²) in [5.74, 6) is -0.157. The van der Waals surface area contributed by atoms with Crippen molar-refractivity contribution in [2.24, 2.45) is 0 Å². The molecule has 2 amide bonds. The van der Waals surface area contributed by atoms with Crippen LogP contribution in [0.25, 0.3) is 0 Å². The topological polar surface area (TPSA) is 58.2 Å². The summed E-state index contributed by atoms with van der Waals surface area (Å²) < 4.78 is 0. The zero-order valence-electron chi connectivity index (χ0n) is 8.23. The van der Waals surface area contributed by atoms with Gasteiger partial charge in [0.2, 0.25) is 11.8 Å². The molecule has 0 spiro atoms. The van der Waals surface area contributed by atoms with E-state index in [1.807, 2.05) is 13.8 Å². The van der Waals surface area contributed by atoms with Gasteiger partial charge in [0, 0.05) is 26.9 Å². The highest BCUT2D eigenvalue weighted by Gasteiger charge is 1.90. The second-order valence-corrected chi connectivity index (χ2v) is 1.97. The Morgan fingerprint density at radius 1 is 0.917 bits per heavy atom. The van der Waals surface area contributed by atoms with Crippen LogP contribution in [0, 0.1) is 0 Å². The van der Waals surface area contributed by atoms with Gasteiger partial charge < -0.3 is 10.6 Å². The third kappa shape index (κ3) is 16.0. The molecular formula is C8H18N2O2. The first-order valence-corrected chi connectivity index (χ1v) is 4.12. The molecule has 0 saturated heterocycles. The summed E-state index contributed by atoms with van der Waals surface area (Å²) in [5.41, 5.74) is 0. The average molecular weight is 174 g/mol. The standard InChI is InChI=1S/C6H12N2O2.C2H6/c1-5(9)7-3-4-8-6(2)10;1-2/h3-4H2,1-2H3,(H,7,9)(H,8,10);1-2H3. The molecule has 2 N–H and O–H groups in total. The Morgan fingerprint density at radius 3 is 1.33 bits per heavy atom. The maximum Gasteiger partial charge on any atom is 0.216 e. The normalized spacial score (nSPS) is 7.67. The molecule has 0 unspecified atom stereocenters. The molecule has 0 aliphatic rings. The Morgan fingerprint density at radius 2 is 1.17 bits per heavy atom. The SMILES string of the molecule is CC.CC(=O)NCCNC(C)=O. The summed E-state index contributed by atoms with van der Waals surface area (Å²) in [5, 5.41) is 5.09. The highest BCUT2D eigenvalue weighted by atomic mass is 16.2. The molecule has 4 heteroatoms. The third-order valence-electron chi connectivity index (χ3n) is 0.873. The van der Waals surface area contributed by atoms with E-state index in [1.165, 1.54) is 13.8 Å². The number of hydrogen-bond donors (Lipinski definition) is 2. The summed E-state index contributed by atoms with van der Waals surface area (Å²) in [6.07, 6.45) is 0. The fourth-order valence-electron chi connectivity index (χ4n) is 0.477. The fourth-order valence-corrected chi connectivity index (χ4v) is 0.477. The molecule has 0 atom stereocenters. The summed E-state index contributed by atoms with van der Waals surface area (Å²) in [4.78, 5) is 20.5. The van der Waals surface area contributed by atoms with Crippen molar-refractivity contribution in [2.75, 3.05) is 13.1 Å². The summed E-state index contributed by atoms with van der Waals surface area (Å²) in [7, 11) is 0. The van der Waals surface area contributed by atoms with Gasteiger partial charge in [0.05, 0.1) is 0 Å². The van der Waals surface area contributed by atoms with E-state index in [1.54, 1.807) is 0 Å². The van der Waals surface area contributed by atoms with Gasteiger partial charge in [-0.25, -0.2) is 0 Å². The maximum absolute atomic E-state index is 10.3. The molecule has 72 valence electrons. The molecule has 0 aromatic rings. The Labute approximate surface area is 73.7 Å². The molecule has 0 aliphatic carbocycles. The zero-order valence-corrected chi connectivity index (χ0v) is 8.23. The van der Waals surface area contributed by atoms with Gasteiger partial charge in [0.1, 0.15) is 0 Å². The van der Waals surface area contributed by atoms with Gasteiger partial charge in [-0.2, -0.15) is 0 Å². The van der Waals surface area contributed by atoms with Crippen LogP contribution in [0.5, 0.6) is 0 Å². The van der Waals surface area contributed by atoms with Gasteiger partial charge in [-0.3, -0.25) is 9.59 Å². The van der Waals surface area contributed by atoms with Gasteiger partial charge >= 0.3 is 0 Å². The third-order valence-corrected chi connectivity index (χ3v) is 0.873. The van der Waals surface area contributed by atoms with Crippen molar-refractivity contribution in [3.8, 4) is 0 Å². The Kier molecular flexibility index (Phi) is 11.2. The molecule has 0 aromatic carbocycles. The van der Waals surface area contributed by atoms with E-state index in [0.29, 0.717) is 13.1 Å². The number of amides is 2.